The van der Waals surface area contributed by atoms with Gasteiger partial charge in [0.1, 0.15) is 11.8 Å². The van der Waals surface area contributed by atoms with Crippen LogP contribution in [-0.4, -0.2) is 53.2 Å². The van der Waals surface area contributed by atoms with Crippen LogP contribution in [0.5, 0.6) is 0 Å². The summed E-state index contributed by atoms with van der Waals surface area (Å²) in [4.78, 5) is 51.4. The molecule has 0 aromatic heterocycles. The molecule has 0 bridgehead atoms. The third-order valence-electron chi connectivity index (χ3n) is 3.33. The molecule has 1 saturated heterocycles. The number of imide groups is 1. The Morgan fingerprint density at radius 2 is 1.62 bits per heavy atom. The van der Waals surface area contributed by atoms with Gasteiger partial charge in [-0.25, -0.2) is 22.8 Å². The van der Waals surface area contributed by atoms with Gasteiger partial charge >= 0.3 is 12.1 Å². The van der Waals surface area contributed by atoms with Gasteiger partial charge in [-0.2, -0.15) is 0 Å². The van der Waals surface area contributed by atoms with Crippen LogP contribution in [0.4, 0.5) is 18.0 Å². The number of rotatable bonds is 6. The average Bonchev–Trinajstić information content (AvgIpc) is 2.81. The van der Waals surface area contributed by atoms with Gasteiger partial charge in [0.05, 0.1) is 5.92 Å². The van der Waals surface area contributed by atoms with Crippen molar-refractivity contribution in [2.75, 3.05) is 0 Å². The molecule has 1 N–H and O–H groups in total. The molecule has 1 aliphatic rings. The Bertz CT molecular complexity index is 562. The van der Waals surface area contributed by atoms with Gasteiger partial charge in [-0.15, -0.1) is 5.06 Å². The van der Waals surface area contributed by atoms with E-state index in [2.05, 4.69) is 4.84 Å². The number of nitrogens with zero attached hydrogens (tertiary/aromatic N) is 1. The lowest BCUT2D eigenvalue weighted by Crippen LogP contribution is -2.53. The van der Waals surface area contributed by atoms with Gasteiger partial charge in [-0.3, -0.25) is 9.59 Å². The zero-order valence-electron chi connectivity index (χ0n) is 14.8. The van der Waals surface area contributed by atoms with Crippen molar-refractivity contribution < 1.29 is 41.9 Å². The number of ether oxygens (including phenoxy) is 1. The first kappa shape index (κ1) is 21.7. The highest BCUT2D eigenvalue weighted by Gasteiger charge is 2.42. The summed E-state index contributed by atoms with van der Waals surface area (Å²) in [7, 11) is 0. The molecule has 0 aliphatic carbocycles. The molecule has 3 atom stereocenters. The van der Waals surface area contributed by atoms with E-state index in [4.69, 9.17) is 4.74 Å². The molecular weight excluding hydrogens is 361 g/mol. The summed E-state index contributed by atoms with van der Waals surface area (Å²) in [5, 5.41) is 1.95. The number of nitrogens with one attached hydrogen (secondary N) is 1. The minimum absolute atomic E-state index is 0.131. The van der Waals surface area contributed by atoms with E-state index in [-0.39, 0.29) is 17.9 Å². The maximum atomic E-state index is 14.4. The molecule has 0 aromatic rings. The number of hydroxylamine groups is 2. The molecule has 26 heavy (non-hydrogen) atoms. The molecule has 0 spiro atoms. The first-order chi connectivity index (χ1) is 11.8. The van der Waals surface area contributed by atoms with Crippen LogP contribution in [0.3, 0.4) is 0 Å². The number of alkyl carbamates (subject to hydrolysis) is 1. The summed E-state index contributed by atoms with van der Waals surface area (Å²) in [6.07, 6.45) is -7.34. The van der Waals surface area contributed by atoms with Gasteiger partial charge in [-0.1, -0.05) is 6.92 Å². The van der Waals surface area contributed by atoms with Crippen molar-refractivity contribution in [1.29, 1.82) is 0 Å². The molecule has 148 valence electrons. The van der Waals surface area contributed by atoms with Crippen LogP contribution in [0.1, 0.15) is 40.5 Å². The highest BCUT2D eigenvalue weighted by Crippen LogP contribution is 2.22. The van der Waals surface area contributed by atoms with Crippen LogP contribution in [0.15, 0.2) is 0 Å². The molecule has 11 heteroatoms. The number of carbonyl (C=O) groups is 4. The number of hydrogen-bond acceptors (Lipinski definition) is 6. The highest BCUT2D eigenvalue weighted by atomic mass is 19.3. The average molecular weight is 382 g/mol. The van der Waals surface area contributed by atoms with Crippen molar-refractivity contribution in [1.82, 2.24) is 10.4 Å². The van der Waals surface area contributed by atoms with Crippen molar-refractivity contribution in [2.24, 2.45) is 5.92 Å². The SMILES string of the molecule is CC(C(F)F)C(F)C(NC(=O)OC(C)(C)C)C(=O)ON1C(=O)CCC1=O. The summed E-state index contributed by atoms with van der Waals surface area (Å²) in [5.41, 5.74) is -1.00. The largest absolute Gasteiger partial charge is 0.444 e. The molecule has 8 nitrogen and oxygen atoms in total. The van der Waals surface area contributed by atoms with Gasteiger partial charge in [0.15, 0.2) is 6.04 Å². The van der Waals surface area contributed by atoms with Gasteiger partial charge in [-0.05, 0) is 20.8 Å². The Morgan fingerprint density at radius 1 is 1.12 bits per heavy atom. The zero-order valence-corrected chi connectivity index (χ0v) is 14.8. The molecule has 0 radical (unpaired) electrons. The smallest absolute Gasteiger partial charge is 0.408 e. The Balaban J connectivity index is 2.95. The fourth-order valence-electron chi connectivity index (χ4n) is 1.95. The quantitative estimate of drug-likeness (QED) is 0.702. The number of carbonyl (C=O) groups excluding carboxylic acids is 4. The fourth-order valence-corrected chi connectivity index (χ4v) is 1.95. The minimum Gasteiger partial charge on any atom is -0.444 e. The van der Waals surface area contributed by atoms with E-state index < -0.39 is 54.0 Å². The first-order valence-electron chi connectivity index (χ1n) is 7.83. The van der Waals surface area contributed by atoms with E-state index >= 15 is 0 Å². The maximum Gasteiger partial charge on any atom is 0.408 e. The molecule has 3 amide bonds. The monoisotopic (exact) mass is 382 g/mol. The maximum absolute atomic E-state index is 14.4. The summed E-state index contributed by atoms with van der Waals surface area (Å²) >= 11 is 0. The Kier molecular flexibility index (Phi) is 6.99. The van der Waals surface area contributed by atoms with Crippen molar-refractivity contribution in [2.45, 2.75) is 64.8 Å². The predicted molar refractivity (Wildman–Crippen MR) is 80.4 cm³/mol. The second kappa shape index (κ2) is 8.37. The van der Waals surface area contributed by atoms with Gasteiger partial charge in [0, 0.05) is 12.8 Å². The summed E-state index contributed by atoms with van der Waals surface area (Å²) in [5.74, 6) is -5.18. The number of hydrogen-bond donors (Lipinski definition) is 1. The Hall–Kier alpha value is -2.33. The van der Waals surface area contributed by atoms with Crippen LogP contribution in [0.25, 0.3) is 0 Å². The zero-order chi connectivity index (χ0) is 20.2. The normalized spacial score (nSPS) is 18.5. The second-order valence-electron chi connectivity index (χ2n) is 6.75. The highest BCUT2D eigenvalue weighted by molar-refractivity contribution is 6.01. The minimum atomic E-state index is -3.13. The summed E-state index contributed by atoms with van der Waals surface area (Å²) in [6, 6.07) is -2.20. The van der Waals surface area contributed by atoms with Crippen molar-refractivity contribution in [3.05, 3.63) is 0 Å². The van der Waals surface area contributed by atoms with Crippen LogP contribution in [0.2, 0.25) is 0 Å². The number of halogens is 3. The molecule has 0 saturated carbocycles. The van der Waals surface area contributed by atoms with E-state index in [1.165, 1.54) is 20.8 Å². The van der Waals surface area contributed by atoms with Crippen molar-refractivity contribution in [3.8, 4) is 0 Å². The van der Waals surface area contributed by atoms with Crippen LogP contribution in [-0.2, 0) is 24.0 Å². The standard InChI is InChI=1S/C15H21F3N2O6/c1-7(12(17)18)10(16)11(19-14(24)25-15(2,3)4)13(23)26-20-8(21)5-6-9(20)22/h7,10-12H,5-6H2,1-4H3,(H,19,24). The van der Waals surface area contributed by atoms with Crippen LogP contribution in [0, 0.1) is 5.92 Å². The third-order valence-corrected chi connectivity index (χ3v) is 3.33. The Morgan fingerprint density at radius 3 is 2.04 bits per heavy atom. The van der Waals surface area contributed by atoms with E-state index in [1.807, 2.05) is 5.32 Å². The third kappa shape index (κ3) is 5.88. The van der Waals surface area contributed by atoms with Crippen LogP contribution < -0.4 is 5.32 Å². The van der Waals surface area contributed by atoms with Crippen molar-refractivity contribution in [3.63, 3.8) is 0 Å². The molecule has 0 aromatic carbocycles. The lowest BCUT2D eigenvalue weighted by atomic mass is 10.00. The summed E-state index contributed by atoms with van der Waals surface area (Å²) in [6.45, 7) is 5.32. The molecule has 1 heterocycles. The van der Waals surface area contributed by atoms with Gasteiger partial charge in [0.25, 0.3) is 11.8 Å². The van der Waals surface area contributed by atoms with Crippen molar-refractivity contribution >= 4 is 23.9 Å². The summed E-state index contributed by atoms with van der Waals surface area (Å²) < 4.78 is 44.8. The van der Waals surface area contributed by atoms with Gasteiger partial charge < -0.3 is 14.9 Å². The van der Waals surface area contributed by atoms with E-state index in [0.717, 1.165) is 6.92 Å². The molecule has 3 unspecified atom stereocenters. The number of amides is 3. The van der Waals surface area contributed by atoms with E-state index in [0.29, 0.717) is 0 Å². The first-order valence-corrected chi connectivity index (χ1v) is 7.83. The Labute approximate surface area is 147 Å². The van der Waals surface area contributed by atoms with Gasteiger partial charge in [0.2, 0.25) is 6.43 Å². The van der Waals surface area contributed by atoms with Crippen LogP contribution >= 0.6 is 0 Å². The lowest BCUT2D eigenvalue weighted by molar-refractivity contribution is -0.200. The molecule has 1 fully saturated rings. The molecule has 1 rings (SSSR count). The topological polar surface area (TPSA) is 102 Å². The van der Waals surface area contributed by atoms with E-state index in [1.54, 1.807) is 0 Å². The van der Waals surface area contributed by atoms with E-state index in [9.17, 15) is 32.3 Å². The molecular formula is C15H21F3N2O6. The number of alkyl halides is 3. The molecule has 1 aliphatic heterocycles. The lowest BCUT2D eigenvalue weighted by Gasteiger charge is -2.27. The predicted octanol–water partition coefficient (Wildman–Crippen LogP) is 1.73. The second-order valence-corrected chi connectivity index (χ2v) is 6.75. The fraction of sp³-hybridized carbons (Fsp3) is 0.733.